The molecule has 1 aromatic rings. The zero-order chi connectivity index (χ0) is 18.2. The summed E-state index contributed by atoms with van der Waals surface area (Å²) < 4.78 is 0. The summed E-state index contributed by atoms with van der Waals surface area (Å²) in [7, 11) is 0. The predicted octanol–water partition coefficient (Wildman–Crippen LogP) is 3.86. The van der Waals surface area contributed by atoms with Crippen LogP contribution in [0.25, 0.3) is 0 Å². The summed E-state index contributed by atoms with van der Waals surface area (Å²) in [5.74, 6) is 0.954. The first kappa shape index (κ1) is 19.3. The van der Waals surface area contributed by atoms with Gasteiger partial charge in [0.15, 0.2) is 0 Å². The molecule has 0 unspecified atom stereocenters. The van der Waals surface area contributed by atoms with Crippen molar-refractivity contribution in [3.05, 3.63) is 35.9 Å². The largest absolute Gasteiger partial charge is 0.353 e. The van der Waals surface area contributed by atoms with Crippen LogP contribution in [0.4, 0.5) is 0 Å². The summed E-state index contributed by atoms with van der Waals surface area (Å²) in [5, 5.41) is 3.84. The second-order valence-corrected chi connectivity index (χ2v) is 8.71. The van der Waals surface area contributed by atoms with Gasteiger partial charge in [-0.05, 0) is 44.2 Å². The third-order valence-electron chi connectivity index (χ3n) is 5.39. The van der Waals surface area contributed by atoms with Crippen molar-refractivity contribution >= 4 is 23.6 Å². The molecule has 0 radical (unpaired) electrons. The lowest BCUT2D eigenvalue weighted by Gasteiger charge is -2.34. The Balaban J connectivity index is 1.48. The van der Waals surface area contributed by atoms with Crippen LogP contribution < -0.4 is 5.32 Å². The first-order valence-corrected chi connectivity index (χ1v) is 11.1. The van der Waals surface area contributed by atoms with Gasteiger partial charge in [0.2, 0.25) is 5.91 Å². The van der Waals surface area contributed by atoms with E-state index in [0.29, 0.717) is 18.7 Å². The summed E-state index contributed by atoms with van der Waals surface area (Å²) >= 11 is 1.99. The fraction of sp³-hybridized carbons (Fsp3) is 0.619. The zero-order valence-electron chi connectivity index (χ0n) is 15.5. The lowest BCUT2D eigenvalue weighted by Crippen LogP contribution is -2.52. The van der Waals surface area contributed by atoms with Crippen LogP contribution in [-0.4, -0.2) is 46.8 Å². The first-order chi connectivity index (χ1) is 12.8. The van der Waals surface area contributed by atoms with Gasteiger partial charge in [-0.1, -0.05) is 37.5 Å². The van der Waals surface area contributed by atoms with E-state index >= 15 is 0 Å². The molecule has 1 heterocycles. The van der Waals surface area contributed by atoms with Gasteiger partial charge in [-0.2, -0.15) is 11.8 Å². The van der Waals surface area contributed by atoms with E-state index in [2.05, 4.69) is 5.32 Å². The van der Waals surface area contributed by atoms with Crippen molar-refractivity contribution in [1.82, 2.24) is 10.2 Å². The normalized spacial score (nSPS) is 21.4. The number of nitrogens with one attached hydrogen (secondary N) is 1. The minimum absolute atomic E-state index is 0.0122. The Hall–Kier alpha value is -1.49. The van der Waals surface area contributed by atoms with Crippen molar-refractivity contribution in [3.63, 3.8) is 0 Å². The molecule has 1 saturated carbocycles. The Labute approximate surface area is 161 Å². The van der Waals surface area contributed by atoms with Gasteiger partial charge < -0.3 is 10.2 Å². The smallest absolute Gasteiger partial charge is 0.254 e. The molecular weight excluding hydrogens is 344 g/mol. The monoisotopic (exact) mass is 374 g/mol. The molecule has 1 aromatic carbocycles. The molecule has 1 saturated heterocycles. The van der Waals surface area contributed by atoms with Gasteiger partial charge in [0.25, 0.3) is 5.91 Å². The maximum Gasteiger partial charge on any atom is 0.254 e. The number of benzene rings is 1. The molecule has 1 aliphatic carbocycles. The quantitative estimate of drug-likeness (QED) is 0.769. The highest BCUT2D eigenvalue weighted by atomic mass is 32.2. The minimum atomic E-state index is -0.323. The third-order valence-corrected chi connectivity index (χ3v) is 6.78. The average molecular weight is 375 g/mol. The van der Waals surface area contributed by atoms with Crippen LogP contribution in [0, 0.1) is 0 Å². The van der Waals surface area contributed by atoms with E-state index < -0.39 is 0 Å². The maximum atomic E-state index is 12.8. The van der Waals surface area contributed by atoms with E-state index in [1.807, 2.05) is 42.1 Å². The summed E-state index contributed by atoms with van der Waals surface area (Å²) in [6.07, 6.45) is 9.46. The van der Waals surface area contributed by atoms with Crippen molar-refractivity contribution in [3.8, 4) is 0 Å². The number of hydrogen-bond donors (Lipinski definition) is 1. The Morgan fingerprint density at radius 3 is 2.50 bits per heavy atom. The van der Waals surface area contributed by atoms with E-state index in [-0.39, 0.29) is 17.9 Å². The van der Waals surface area contributed by atoms with Gasteiger partial charge in [0, 0.05) is 29.7 Å². The van der Waals surface area contributed by atoms with Crippen molar-refractivity contribution in [2.75, 3.05) is 18.8 Å². The zero-order valence-corrected chi connectivity index (χ0v) is 16.3. The molecule has 2 amide bonds. The number of carbonyl (C=O) groups excluding carboxylic acids is 2. The molecule has 1 aliphatic heterocycles. The summed E-state index contributed by atoms with van der Waals surface area (Å²) in [5.41, 5.74) is 0.667. The summed E-state index contributed by atoms with van der Waals surface area (Å²) in [4.78, 5) is 27.2. The number of rotatable bonds is 6. The Morgan fingerprint density at radius 1 is 1.00 bits per heavy atom. The predicted molar refractivity (Wildman–Crippen MR) is 107 cm³/mol. The van der Waals surface area contributed by atoms with Crippen molar-refractivity contribution in [2.24, 2.45) is 0 Å². The second-order valence-electron chi connectivity index (χ2n) is 7.30. The molecule has 2 aliphatic rings. The number of likely N-dealkylation sites (tertiary alicyclic amines) is 1. The van der Waals surface area contributed by atoms with Crippen LogP contribution in [0.1, 0.15) is 61.7 Å². The maximum absolute atomic E-state index is 12.8. The lowest BCUT2D eigenvalue weighted by molar-refractivity contribution is -0.126. The number of thioether (sulfide) groups is 1. The summed E-state index contributed by atoms with van der Waals surface area (Å²) in [6.45, 7) is 1.37. The molecule has 26 heavy (non-hydrogen) atoms. The van der Waals surface area contributed by atoms with Crippen LogP contribution in [-0.2, 0) is 4.79 Å². The Morgan fingerprint density at radius 2 is 1.73 bits per heavy atom. The highest BCUT2D eigenvalue weighted by Gasteiger charge is 2.32. The first-order valence-electron chi connectivity index (χ1n) is 10.0. The van der Waals surface area contributed by atoms with E-state index in [1.54, 1.807) is 4.90 Å². The van der Waals surface area contributed by atoms with Gasteiger partial charge >= 0.3 is 0 Å². The highest BCUT2D eigenvalue weighted by Crippen LogP contribution is 2.27. The van der Waals surface area contributed by atoms with E-state index in [4.69, 9.17) is 0 Å². The molecule has 3 rings (SSSR count). The SMILES string of the molecule is O=C(NCCSC1CCCCC1)[C@@H]1CCCCN1C(=O)c1ccccc1. The molecule has 0 aromatic heterocycles. The molecule has 142 valence electrons. The third kappa shape index (κ3) is 5.26. The van der Waals surface area contributed by atoms with Crippen LogP contribution >= 0.6 is 11.8 Å². The number of nitrogens with zero attached hydrogens (tertiary/aromatic N) is 1. The van der Waals surface area contributed by atoms with Crippen molar-refractivity contribution in [1.29, 1.82) is 0 Å². The standard InChI is InChI=1S/C21H30N2O2S/c24-20(22-14-16-26-18-11-5-2-6-12-18)19-13-7-8-15-23(19)21(25)17-9-3-1-4-10-17/h1,3-4,9-10,18-19H,2,5-8,11-16H2,(H,22,24)/t19-/m0/s1. The molecule has 0 spiro atoms. The van der Waals surface area contributed by atoms with Crippen LogP contribution in [0.2, 0.25) is 0 Å². The van der Waals surface area contributed by atoms with Gasteiger partial charge in [0.05, 0.1) is 0 Å². The topological polar surface area (TPSA) is 49.4 Å². The van der Waals surface area contributed by atoms with E-state index in [9.17, 15) is 9.59 Å². The van der Waals surface area contributed by atoms with Gasteiger partial charge in [-0.25, -0.2) is 0 Å². The number of amides is 2. The molecule has 1 atom stereocenters. The van der Waals surface area contributed by atoms with Gasteiger partial charge in [0.1, 0.15) is 6.04 Å². The number of hydrogen-bond acceptors (Lipinski definition) is 3. The Bertz CT molecular complexity index is 587. The van der Waals surface area contributed by atoms with E-state index in [1.165, 1.54) is 32.1 Å². The molecule has 4 nitrogen and oxygen atoms in total. The fourth-order valence-electron chi connectivity index (χ4n) is 3.94. The lowest BCUT2D eigenvalue weighted by atomic mass is 10.00. The molecule has 5 heteroatoms. The molecule has 2 fully saturated rings. The van der Waals surface area contributed by atoms with Crippen LogP contribution in [0.15, 0.2) is 30.3 Å². The fourth-order valence-corrected chi connectivity index (χ4v) is 5.16. The van der Waals surface area contributed by atoms with Crippen molar-refractivity contribution < 1.29 is 9.59 Å². The molecular formula is C21H30N2O2S. The van der Waals surface area contributed by atoms with Gasteiger partial charge in [-0.3, -0.25) is 9.59 Å². The second kappa shape index (κ2) is 10.0. The van der Waals surface area contributed by atoms with Crippen LogP contribution in [0.3, 0.4) is 0 Å². The van der Waals surface area contributed by atoms with Gasteiger partial charge in [-0.15, -0.1) is 0 Å². The minimum Gasteiger partial charge on any atom is -0.353 e. The number of piperidine rings is 1. The summed E-state index contributed by atoms with van der Waals surface area (Å²) in [6, 6.07) is 8.97. The van der Waals surface area contributed by atoms with E-state index in [0.717, 1.165) is 30.3 Å². The highest BCUT2D eigenvalue weighted by molar-refractivity contribution is 7.99. The number of carbonyl (C=O) groups is 2. The average Bonchev–Trinajstić information content (AvgIpc) is 2.72. The molecule has 1 N–H and O–H groups in total. The van der Waals surface area contributed by atoms with Crippen LogP contribution in [0.5, 0.6) is 0 Å². The van der Waals surface area contributed by atoms with Crippen molar-refractivity contribution in [2.45, 2.75) is 62.7 Å². The Kier molecular flexibility index (Phi) is 7.42. The molecule has 0 bridgehead atoms.